The van der Waals surface area contributed by atoms with Gasteiger partial charge in [0.05, 0.1) is 0 Å². The molecule has 2 atom stereocenters. The number of halogens is 2. The summed E-state index contributed by atoms with van der Waals surface area (Å²) in [6, 6.07) is 0. The zero-order valence-corrected chi connectivity index (χ0v) is 5.01. The van der Waals surface area contributed by atoms with Gasteiger partial charge in [0.25, 0.3) is 0 Å². The van der Waals surface area contributed by atoms with Crippen LogP contribution in [-0.4, -0.2) is 10.9 Å². The molecule has 0 radical (unpaired) electrons. The molecule has 0 aromatic heterocycles. The van der Waals surface area contributed by atoms with E-state index in [-0.39, 0.29) is 5.25 Å². The first kappa shape index (κ1) is 6.57. The molecular formula is C3H6ClFS. The van der Waals surface area contributed by atoms with Crippen LogP contribution in [-0.2, 0) is 0 Å². The zero-order valence-electron chi connectivity index (χ0n) is 3.36. The van der Waals surface area contributed by atoms with Gasteiger partial charge in [-0.3, -0.25) is 0 Å². The molecule has 6 heavy (non-hydrogen) atoms. The van der Waals surface area contributed by atoms with Crippen LogP contribution in [0.25, 0.3) is 0 Å². The number of hydrogen-bond acceptors (Lipinski definition) is 1. The third kappa shape index (κ3) is 2.79. The van der Waals surface area contributed by atoms with Gasteiger partial charge in [0, 0.05) is 5.25 Å². The van der Waals surface area contributed by atoms with Crippen LogP contribution in [0.5, 0.6) is 0 Å². The molecule has 0 nitrogen and oxygen atoms in total. The van der Waals surface area contributed by atoms with Crippen molar-refractivity contribution in [1.82, 2.24) is 0 Å². The second-order valence-electron chi connectivity index (χ2n) is 1.08. The van der Waals surface area contributed by atoms with Crippen LogP contribution in [0, 0.1) is 0 Å². The highest BCUT2D eigenvalue weighted by atomic mass is 35.5. The maximum Gasteiger partial charge on any atom is 0.184 e. The van der Waals surface area contributed by atoms with E-state index in [1.54, 1.807) is 6.92 Å². The highest BCUT2D eigenvalue weighted by Gasteiger charge is 2.04. The molecule has 0 aromatic carbocycles. The molecule has 0 aromatic rings. The van der Waals surface area contributed by atoms with Crippen molar-refractivity contribution in [3.8, 4) is 0 Å². The van der Waals surface area contributed by atoms with Crippen molar-refractivity contribution in [2.75, 3.05) is 0 Å². The summed E-state index contributed by atoms with van der Waals surface area (Å²) >= 11 is 8.56. The van der Waals surface area contributed by atoms with E-state index in [0.29, 0.717) is 0 Å². The molecule has 0 heterocycles. The summed E-state index contributed by atoms with van der Waals surface area (Å²) in [5.41, 5.74) is -1.31. The van der Waals surface area contributed by atoms with Crippen molar-refractivity contribution in [1.29, 1.82) is 0 Å². The summed E-state index contributed by atoms with van der Waals surface area (Å²) in [6.07, 6.45) is 0. The zero-order chi connectivity index (χ0) is 5.15. The average molecular weight is 129 g/mol. The first-order valence-corrected chi connectivity index (χ1v) is 2.56. The lowest BCUT2D eigenvalue weighted by Gasteiger charge is -1.97. The minimum absolute atomic E-state index is 0.355. The van der Waals surface area contributed by atoms with E-state index < -0.39 is 5.63 Å². The average Bonchev–Trinajstić information content (AvgIpc) is 1.36. The van der Waals surface area contributed by atoms with Gasteiger partial charge in [-0.25, -0.2) is 4.39 Å². The van der Waals surface area contributed by atoms with E-state index >= 15 is 0 Å². The van der Waals surface area contributed by atoms with Crippen LogP contribution in [0.4, 0.5) is 4.39 Å². The summed E-state index contributed by atoms with van der Waals surface area (Å²) < 4.78 is 11.5. The Hall–Kier alpha value is 0.570. The number of alkyl halides is 2. The lowest BCUT2D eigenvalue weighted by atomic mass is 10.5. The normalized spacial score (nSPS) is 20.0. The molecule has 0 saturated heterocycles. The fourth-order valence-corrected chi connectivity index (χ4v) is 0. The molecule has 0 aliphatic heterocycles. The minimum atomic E-state index is -1.31. The topological polar surface area (TPSA) is 0 Å². The SMILES string of the molecule is CC(S)[C@@H](F)Cl. The van der Waals surface area contributed by atoms with E-state index in [1.807, 2.05) is 0 Å². The molecule has 0 amide bonds. The van der Waals surface area contributed by atoms with Crippen molar-refractivity contribution in [3.05, 3.63) is 0 Å². The molecule has 0 bridgehead atoms. The smallest absolute Gasteiger partial charge is 0.184 e. The standard InChI is InChI=1S/C3H6ClFS/c1-2(6)3(4)5/h2-3,6H,1H3/t2?,3-/m1/s1. The van der Waals surface area contributed by atoms with E-state index in [0.717, 1.165) is 0 Å². The fraction of sp³-hybridized carbons (Fsp3) is 1.00. The Morgan fingerprint density at radius 3 is 2.00 bits per heavy atom. The maximum atomic E-state index is 11.5. The van der Waals surface area contributed by atoms with Gasteiger partial charge in [0.15, 0.2) is 5.63 Å². The molecule has 0 saturated carbocycles. The van der Waals surface area contributed by atoms with Crippen LogP contribution in [0.2, 0.25) is 0 Å². The van der Waals surface area contributed by atoms with E-state index in [4.69, 9.17) is 11.6 Å². The molecule has 3 heteroatoms. The second-order valence-corrected chi connectivity index (χ2v) is 2.31. The van der Waals surface area contributed by atoms with Gasteiger partial charge < -0.3 is 0 Å². The van der Waals surface area contributed by atoms with Gasteiger partial charge in [-0.05, 0) is 6.92 Å². The first-order valence-electron chi connectivity index (χ1n) is 1.61. The van der Waals surface area contributed by atoms with Gasteiger partial charge in [-0.1, -0.05) is 11.6 Å². The van der Waals surface area contributed by atoms with Crippen LogP contribution < -0.4 is 0 Å². The largest absolute Gasteiger partial charge is 0.229 e. The first-order chi connectivity index (χ1) is 2.64. The molecule has 0 spiro atoms. The van der Waals surface area contributed by atoms with Crippen LogP contribution >= 0.6 is 24.2 Å². The number of rotatable bonds is 1. The lowest BCUT2D eigenvalue weighted by Crippen LogP contribution is -2.01. The van der Waals surface area contributed by atoms with Gasteiger partial charge in [-0.15, -0.1) is 0 Å². The minimum Gasteiger partial charge on any atom is -0.229 e. The Balaban J connectivity index is 2.99. The van der Waals surface area contributed by atoms with Crippen molar-refractivity contribution in [2.45, 2.75) is 17.8 Å². The van der Waals surface area contributed by atoms with Gasteiger partial charge in [0.1, 0.15) is 0 Å². The summed E-state index contributed by atoms with van der Waals surface area (Å²) in [5.74, 6) is 0. The predicted molar refractivity (Wildman–Crippen MR) is 29.2 cm³/mol. The highest BCUT2D eigenvalue weighted by molar-refractivity contribution is 7.81. The lowest BCUT2D eigenvalue weighted by molar-refractivity contribution is 0.443. The summed E-state index contributed by atoms with van der Waals surface area (Å²) in [7, 11) is 0. The molecule has 0 N–H and O–H groups in total. The highest BCUT2D eigenvalue weighted by Crippen LogP contribution is 2.07. The Morgan fingerprint density at radius 2 is 2.00 bits per heavy atom. The van der Waals surface area contributed by atoms with Gasteiger partial charge in [0.2, 0.25) is 0 Å². The molecule has 0 aliphatic carbocycles. The maximum absolute atomic E-state index is 11.5. The van der Waals surface area contributed by atoms with Crippen LogP contribution in [0.15, 0.2) is 0 Å². The third-order valence-electron chi connectivity index (χ3n) is 0.365. The Kier molecular flexibility index (Phi) is 2.95. The Morgan fingerprint density at radius 1 is 1.83 bits per heavy atom. The summed E-state index contributed by atoms with van der Waals surface area (Å²) in [4.78, 5) is 0. The van der Waals surface area contributed by atoms with Crippen molar-refractivity contribution in [2.24, 2.45) is 0 Å². The fourth-order valence-electron chi connectivity index (χ4n) is 0. The van der Waals surface area contributed by atoms with Crippen LogP contribution in [0.1, 0.15) is 6.92 Å². The Bertz CT molecular complexity index is 31.8. The monoisotopic (exact) mass is 128 g/mol. The van der Waals surface area contributed by atoms with Crippen molar-refractivity contribution in [3.63, 3.8) is 0 Å². The van der Waals surface area contributed by atoms with E-state index in [2.05, 4.69) is 12.6 Å². The molecule has 1 unspecified atom stereocenters. The predicted octanol–water partition coefficient (Wildman–Crippen LogP) is 1.84. The quantitative estimate of drug-likeness (QED) is 0.404. The van der Waals surface area contributed by atoms with E-state index in [1.165, 1.54) is 0 Å². The van der Waals surface area contributed by atoms with Gasteiger partial charge >= 0.3 is 0 Å². The third-order valence-corrected chi connectivity index (χ3v) is 1.18. The van der Waals surface area contributed by atoms with Crippen molar-refractivity contribution >= 4 is 24.2 Å². The Labute approximate surface area is 47.1 Å². The molecule has 0 fully saturated rings. The van der Waals surface area contributed by atoms with E-state index in [9.17, 15) is 4.39 Å². The van der Waals surface area contributed by atoms with Gasteiger partial charge in [-0.2, -0.15) is 12.6 Å². The molecular weight excluding hydrogens is 123 g/mol. The molecule has 0 aliphatic rings. The second kappa shape index (κ2) is 2.69. The van der Waals surface area contributed by atoms with Crippen LogP contribution in [0.3, 0.4) is 0 Å². The molecule has 38 valence electrons. The number of hydrogen-bond donors (Lipinski definition) is 1. The number of thiol groups is 1. The summed E-state index contributed by atoms with van der Waals surface area (Å²) in [6.45, 7) is 1.60. The summed E-state index contributed by atoms with van der Waals surface area (Å²) in [5, 5.41) is -0.355. The van der Waals surface area contributed by atoms with Crippen molar-refractivity contribution < 1.29 is 4.39 Å². The molecule has 0 rings (SSSR count).